The maximum atomic E-state index is 12.5. The average Bonchev–Trinajstić information content (AvgIpc) is 2.75. The minimum atomic E-state index is -0.196. The van der Waals surface area contributed by atoms with E-state index in [1.807, 2.05) is 37.3 Å². The van der Waals surface area contributed by atoms with Gasteiger partial charge in [0.1, 0.15) is 0 Å². The molecule has 0 spiro atoms. The summed E-state index contributed by atoms with van der Waals surface area (Å²) in [6.45, 7) is 1.85. The predicted octanol–water partition coefficient (Wildman–Crippen LogP) is 2.97. The zero-order valence-electron chi connectivity index (χ0n) is 10.5. The highest BCUT2D eigenvalue weighted by Crippen LogP contribution is 2.35. The van der Waals surface area contributed by atoms with E-state index in [2.05, 4.69) is 5.32 Å². The average molecular weight is 251 g/mol. The number of carbonyl (C=O) groups is 2. The number of carbonyl (C=O) groups excluding carboxylic acids is 2. The molecule has 0 bridgehead atoms. The van der Waals surface area contributed by atoms with Gasteiger partial charge in [-0.3, -0.25) is 9.59 Å². The maximum Gasteiger partial charge on any atom is 0.231 e. The van der Waals surface area contributed by atoms with Crippen LogP contribution in [0.4, 0.5) is 5.69 Å². The number of rotatable bonds is 2. The Morgan fingerprint density at radius 3 is 2.53 bits per heavy atom. The van der Waals surface area contributed by atoms with Crippen LogP contribution in [-0.4, -0.2) is 11.7 Å². The summed E-state index contributed by atoms with van der Waals surface area (Å²) in [5.74, 6) is -0.311. The number of amides is 1. The normalized spacial score (nSPS) is 16.9. The highest BCUT2D eigenvalue weighted by molar-refractivity contribution is 6.16. The van der Waals surface area contributed by atoms with Gasteiger partial charge in [-0.1, -0.05) is 42.5 Å². The van der Waals surface area contributed by atoms with Gasteiger partial charge in [0.15, 0.2) is 5.78 Å². The fourth-order valence-corrected chi connectivity index (χ4v) is 2.38. The van der Waals surface area contributed by atoms with E-state index in [0.717, 1.165) is 5.56 Å². The van der Waals surface area contributed by atoms with E-state index in [-0.39, 0.29) is 17.6 Å². The van der Waals surface area contributed by atoms with Crippen molar-refractivity contribution >= 4 is 17.4 Å². The van der Waals surface area contributed by atoms with Crippen molar-refractivity contribution in [3.05, 3.63) is 65.2 Å². The maximum absolute atomic E-state index is 12.5. The molecular formula is C16H13NO2. The Morgan fingerprint density at radius 1 is 1.05 bits per heavy atom. The molecule has 1 N–H and O–H groups in total. The zero-order chi connectivity index (χ0) is 13.4. The Balaban J connectivity index is 2.09. The Labute approximate surface area is 111 Å². The third kappa shape index (κ3) is 1.83. The smallest absolute Gasteiger partial charge is 0.231 e. The molecule has 0 unspecified atom stereocenters. The molecule has 1 aliphatic rings. The Morgan fingerprint density at radius 2 is 1.79 bits per heavy atom. The summed E-state index contributed by atoms with van der Waals surface area (Å²) in [7, 11) is 0. The third-order valence-corrected chi connectivity index (χ3v) is 3.49. The predicted molar refractivity (Wildman–Crippen MR) is 73.4 cm³/mol. The molecule has 3 rings (SSSR count). The molecule has 0 aliphatic carbocycles. The second kappa shape index (κ2) is 4.35. The number of anilines is 1. The molecule has 1 amide bonds. The van der Waals surface area contributed by atoms with Crippen molar-refractivity contribution in [3.63, 3.8) is 0 Å². The lowest BCUT2D eigenvalue weighted by Crippen LogP contribution is -2.10. The fraction of sp³-hybridized carbons (Fsp3) is 0.125. The van der Waals surface area contributed by atoms with Gasteiger partial charge in [0.25, 0.3) is 0 Å². The van der Waals surface area contributed by atoms with E-state index in [1.54, 1.807) is 18.2 Å². The minimum Gasteiger partial charge on any atom is -0.325 e. The van der Waals surface area contributed by atoms with Crippen LogP contribution in [0.15, 0.2) is 48.5 Å². The SMILES string of the molecule is C[C@@H]1C(=O)Nc2c(C(=O)c3ccccc3)cccc21. The van der Waals surface area contributed by atoms with Crippen LogP contribution in [-0.2, 0) is 4.79 Å². The quantitative estimate of drug-likeness (QED) is 0.834. The van der Waals surface area contributed by atoms with Crippen molar-refractivity contribution in [2.24, 2.45) is 0 Å². The van der Waals surface area contributed by atoms with E-state index in [4.69, 9.17) is 0 Å². The lowest BCUT2D eigenvalue weighted by molar-refractivity contribution is -0.116. The third-order valence-electron chi connectivity index (χ3n) is 3.49. The van der Waals surface area contributed by atoms with Crippen LogP contribution in [0.25, 0.3) is 0 Å². The van der Waals surface area contributed by atoms with Crippen molar-refractivity contribution in [2.45, 2.75) is 12.8 Å². The van der Waals surface area contributed by atoms with Crippen LogP contribution in [0.5, 0.6) is 0 Å². The first kappa shape index (κ1) is 11.7. The van der Waals surface area contributed by atoms with Crippen molar-refractivity contribution < 1.29 is 9.59 Å². The molecule has 2 aromatic rings. The van der Waals surface area contributed by atoms with Gasteiger partial charge in [-0.05, 0) is 18.6 Å². The Hall–Kier alpha value is -2.42. The molecule has 0 saturated carbocycles. The van der Waals surface area contributed by atoms with E-state index >= 15 is 0 Å². The summed E-state index contributed by atoms with van der Waals surface area (Å²) in [5.41, 5.74) is 2.74. The van der Waals surface area contributed by atoms with Crippen molar-refractivity contribution in [1.82, 2.24) is 0 Å². The van der Waals surface area contributed by atoms with E-state index < -0.39 is 0 Å². The lowest BCUT2D eigenvalue weighted by atomic mass is 9.96. The van der Waals surface area contributed by atoms with Gasteiger partial charge in [-0.15, -0.1) is 0 Å². The molecule has 1 atom stereocenters. The minimum absolute atomic E-state index is 0.0525. The van der Waals surface area contributed by atoms with Gasteiger partial charge in [0.05, 0.1) is 11.6 Å². The first-order chi connectivity index (χ1) is 9.18. The number of hydrogen-bond acceptors (Lipinski definition) is 2. The summed E-state index contributed by atoms with van der Waals surface area (Å²) in [6.07, 6.45) is 0. The fourth-order valence-electron chi connectivity index (χ4n) is 2.38. The molecule has 0 radical (unpaired) electrons. The van der Waals surface area contributed by atoms with Crippen LogP contribution in [0, 0.1) is 0 Å². The van der Waals surface area contributed by atoms with E-state index in [9.17, 15) is 9.59 Å². The van der Waals surface area contributed by atoms with Crippen LogP contribution in [0.1, 0.15) is 34.3 Å². The molecule has 0 aromatic heterocycles. The lowest BCUT2D eigenvalue weighted by Gasteiger charge is -2.07. The number of nitrogens with one attached hydrogen (secondary N) is 1. The van der Waals surface area contributed by atoms with Gasteiger partial charge in [-0.25, -0.2) is 0 Å². The Kier molecular flexibility index (Phi) is 2.67. The first-order valence-corrected chi connectivity index (χ1v) is 6.22. The first-order valence-electron chi connectivity index (χ1n) is 6.22. The van der Waals surface area contributed by atoms with E-state index in [1.165, 1.54) is 0 Å². The highest BCUT2D eigenvalue weighted by atomic mass is 16.2. The van der Waals surface area contributed by atoms with Gasteiger partial charge >= 0.3 is 0 Å². The molecule has 19 heavy (non-hydrogen) atoms. The molecule has 0 fully saturated rings. The van der Waals surface area contributed by atoms with Gasteiger partial charge < -0.3 is 5.32 Å². The monoisotopic (exact) mass is 251 g/mol. The van der Waals surface area contributed by atoms with E-state index in [0.29, 0.717) is 16.8 Å². The van der Waals surface area contributed by atoms with Crippen LogP contribution < -0.4 is 5.32 Å². The summed E-state index contributed by atoms with van der Waals surface area (Å²) in [4.78, 5) is 24.2. The molecular weight excluding hydrogens is 238 g/mol. The standard InChI is InChI=1S/C16H13NO2/c1-10-12-8-5-9-13(14(12)17-16(10)19)15(18)11-6-3-2-4-7-11/h2-10H,1H3,(H,17,19)/t10-/m0/s1. The molecule has 1 heterocycles. The second-order valence-electron chi connectivity index (χ2n) is 4.68. The summed E-state index contributed by atoms with van der Waals surface area (Å²) >= 11 is 0. The molecule has 3 nitrogen and oxygen atoms in total. The molecule has 94 valence electrons. The highest BCUT2D eigenvalue weighted by Gasteiger charge is 2.30. The van der Waals surface area contributed by atoms with Crippen molar-refractivity contribution in [2.75, 3.05) is 5.32 Å². The van der Waals surface area contributed by atoms with Gasteiger partial charge in [0, 0.05) is 11.1 Å². The van der Waals surface area contributed by atoms with Crippen molar-refractivity contribution in [3.8, 4) is 0 Å². The number of para-hydroxylation sites is 1. The number of fused-ring (bicyclic) bond motifs is 1. The second-order valence-corrected chi connectivity index (χ2v) is 4.68. The van der Waals surface area contributed by atoms with Crippen LogP contribution in [0.2, 0.25) is 0 Å². The largest absolute Gasteiger partial charge is 0.325 e. The van der Waals surface area contributed by atoms with Crippen molar-refractivity contribution in [1.29, 1.82) is 0 Å². The number of ketones is 1. The summed E-state index contributed by atoms with van der Waals surface area (Å²) < 4.78 is 0. The zero-order valence-corrected chi connectivity index (χ0v) is 10.5. The van der Waals surface area contributed by atoms with Crippen LogP contribution >= 0.6 is 0 Å². The summed E-state index contributed by atoms with van der Waals surface area (Å²) in [5, 5.41) is 2.81. The van der Waals surface area contributed by atoms with Gasteiger partial charge in [0.2, 0.25) is 5.91 Å². The van der Waals surface area contributed by atoms with Crippen LogP contribution in [0.3, 0.4) is 0 Å². The van der Waals surface area contributed by atoms with Gasteiger partial charge in [-0.2, -0.15) is 0 Å². The summed E-state index contributed by atoms with van der Waals surface area (Å²) in [6, 6.07) is 14.6. The number of hydrogen-bond donors (Lipinski definition) is 1. The molecule has 0 saturated heterocycles. The topological polar surface area (TPSA) is 46.2 Å². The Bertz CT molecular complexity index is 662. The number of benzene rings is 2. The molecule has 3 heteroatoms. The molecule has 2 aromatic carbocycles. The molecule has 1 aliphatic heterocycles.